The molecule has 1 amide bonds. The van der Waals surface area contributed by atoms with E-state index in [1.54, 1.807) is 96.3 Å². The van der Waals surface area contributed by atoms with E-state index < -0.39 is 39.3 Å². The molecule has 0 saturated carbocycles. The lowest BCUT2D eigenvalue weighted by Crippen LogP contribution is -2.48. The number of sulfonamides is 1. The number of carbonyl (C=O) groups excluding carboxylic acids is 2. The fraction of sp³-hybridized carbons (Fsp3) is 0.343. The van der Waals surface area contributed by atoms with E-state index in [4.69, 9.17) is 9.47 Å². The van der Waals surface area contributed by atoms with Crippen molar-refractivity contribution in [1.29, 1.82) is 0 Å². The van der Waals surface area contributed by atoms with Crippen LogP contribution in [0, 0.1) is 0 Å². The first kappa shape index (κ1) is 33.6. The number of ether oxygens (including phenoxy) is 2. The van der Waals surface area contributed by atoms with E-state index in [-0.39, 0.29) is 24.4 Å². The number of para-hydroxylation sites is 1. The molecule has 4 aromatic rings. The van der Waals surface area contributed by atoms with Gasteiger partial charge in [0.2, 0.25) is 10.0 Å². The number of hydrogen-bond donors (Lipinski definition) is 1. The molecule has 4 rings (SSSR count). The van der Waals surface area contributed by atoms with E-state index in [9.17, 15) is 18.0 Å². The Hall–Kier alpha value is -4.28. The zero-order chi connectivity index (χ0) is 32.8. The highest BCUT2D eigenvalue weighted by Crippen LogP contribution is 2.30. The molecule has 0 aliphatic rings. The number of rotatable bonds is 10. The Bertz CT molecular complexity index is 1740. The molecular formula is C35H41N3O6S. The van der Waals surface area contributed by atoms with Gasteiger partial charge in [-0.2, -0.15) is 4.31 Å². The van der Waals surface area contributed by atoms with Crippen molar-refractivity contribution in [3.05, 3.63) is 108 Å². The predicted molar refractivity (Wildman–Crippen MR) is 174 cm³/mol. The van der Waals surface area contributed by atoms with E-state index in [0.717, 1.165) is 5.56 Å². The van der Waals surface area contributed by atoms with Crippen LogP contribution in [0.1, 0.15) is 58.2 Å². The number of nitrogens with one attached hydrogen (secondary N) is 1. The van der Waals surface area contributed by atoms with Crippen LogP contribution in [-0.4, -0.2) is 47.0 Å². The van der Waals surface area contributed by atoms with Crippen molar-refractivity contribution in [2.75, 3.05) is 0 Å². The van der Waals surface area contributed by atoms with E-state index in [1.165, 1.54) is 10.4 Å². The fourth-order valence-corrected chi connectivity index (χ4v) is 6.54. The number of amides is 1. The van der Waals surface area contributed by atoms with Gasteiger partial charge in [-0.3, -0.25) is 9.78 Å². The third-order valence-electron chi connectivity index (χ3n) is 6.75. The number of nitrogens with zero attached hydrogens (tertiary/aromatic N) is 2. The molecule has 1 heterocycles. The van der Waals surface area contributed by atoms with Gasteiger partial charge in [0.25, 0.3) is 0 Å². The van der Waals surface area contributed by atoms with Gasteiger partial charge >= 0.3 is 12.1 Å². The maximum absolute atomic E-state index is 14.8. The molecule has 0 saturated heterocycles. The lowest BCUT2D eigenvalue weighted by Gasteiger charge is -2.32. The Morgan fingerprint density at radius 3 is 2.09 bits per heavy atom. The zero-order valence-electron chi connectivity index (χ0n) is 26.6. The largest absolute Gasteiger partial charge is 0.459 e. The standard InChI is InChI=1S/C35H41N3O6S/c1-34(2,3)43-32(39)29(22-25-14-8-7-9-15-25)38(45(41,42)30-20-12-18-26-19-13-21-36-31(26)30)24-28-17-11-10-16-27(28)23-37-33(40)44-35(4,5)6/h7-21,29H,22-24H2,1-6H3,(H,37,40). The Kier molecular flexibility index (Phi) is 10.3. The summed E-state index contributed by atoms with van der Waals surface area (Å²) in [5, 5.41) is 3.41. The highest BCUT2D eigenvalue weighted by Gasteiger charge is 2.40. The van der Waals surface area contributed by atoms with Crippen LogP contribution in [0.4, 0.5) is 4.79 Å². The number of pyridine rings is 1. The first-order valence-electron chi connectivity index (χ1n) is 14.8. The normalized spacial score (nSPS) is 13.0. The number of hydrogen-bond acceptors (Lipinski definition) is 7. The highest BCUT2D eigenvalue weighted by atomic mass is 32.2. The second-order valence-corrected chi connectivity index (χ2v) is 14.6. The molecule has 0 aliphatic heterocycles. The SMILES string of the molecule is CC(C)(C)OC(=O)NCc1ccccc1CN(C(Cc1ccccc1)C(=O)OC(C)(C)C)S(=O)(=O)c1cccc2cccnc12. The van der Waals surface area contributed by atoms with Gasteiger partial charge in [0.05, 0.1) is 5.52 Å². The molecule has 238 valence electrons. The summed E-state index contributed by atoms with van der Waals surface area (Å²) >= 11 is 0. The number of alkyl carbamates (subject to hydrolysis) is 1. The van der Waals surface area contributed by atoms with Crippen molar-refractivity contribution in [1.82, 2.24) is 14.6 Å². The van der Waals surface area contributed by atoms with Crippen molar-refractivity contribution in [2.45, 2.75) is 83.2 Å². The molecule has 1 N–H and O–H groups in total. The van der Waals surface area contributed by atoms with Crippen LogP contribution in [-0.2, 0) is 43.8 Å². The van der Waals surface area contributed by atoms with Crippen molar-refractivity contribution in [2.24, 2.45) is 0 Å². The summed E-state index contributed by atoms with van der Waals surface area (Å²) in [6.45, 7) is 10.5. The molecular weight excluding hydrogens is 590 g/mol. The van der Waals surface area contributed by atoms with Gasteiger partial charge in [0.15, 0.2) is 0 Å². The maximum Gasteiger partial charge on any atom is 0.407 e. The minimum Gasteiger partial charge on any atom is -0.459 e. The minimum atomic E-state index is -4.36. The Morgan fingerprint density at radius 2 is 1.42 bits per heavy atom. The summed E-state index contributed by atoms with van der Waals surface area (Å²) in [6.07, 6.45) is 1.02. The van der Waals surface area contributed by atoms with Crippen LogP contribution in [0.25, 0.3) is 10.9 Å². The van der Waals surface area contributed by atoms with E-state index >= 15 is 0 Å². The second kappa shape index (κ2) is 13.8. The van der Waals surface area contributed by atoms with E-state index in [0.29, 0.717) is 22.0 Å². The summed E-state index contributed by atoms with van der Waals surface area (Å²) in [6, 6.07) is 23.7. The number of esters is 1. The molecule has 9 nitrogen and oxygen atoms in total. The lowest BCUT2D eigenvalue weighted by molar-refractivity contribution is -0.159. The van der Waals surface area contributed by atoms with E-state index in [2.05, 4.69) is 10.3 Å². The van der Waals surface area contributed by atoms with Gasteiger partial charge < -0.3 is 14.8 Å². The van der Waals surface area contributed by atoms with Crippen LogP contribution < -0.4 is 5.32 Å². The molecule has 0 aliphatic carbocycles. The van der Waals surface area contributed by atoms with Crippen molar-refractivity contribution in [3.63, 3.8) is 0 Å². The van der Waals surface area contributed by atoms with Crippen LogP contribution in [0.2, 0.25) is 0 Å². The third kappa shape index (κ3) is 9.12. The van der Waals surface area contributed by atoms with Gasteiger partial charge in [0.1, 0.15) is 22.1 Å². The molecule has 0 bridgehead atoms. The van der Waals surface area contributed by atoms with Crippen LogP contribution in [0.5, 0.6) is 0 Å². The molecule has 1 aromatic heterocycles. The molecule has 1 atom stereocenters. The van der Waals surface area contributed by atoms with Gasteiger partial charge in [-0.1, -0.05) is 72.8 Å². The highest BCUT2D eigenvalue weighted by molar-refractivity contribution is 7.89. The monoisotopic (exact) mass is 631 g/mol. The Labute approximate surface area is 265 Å². The topological polar surface area (TPSA) is 115 Å². The van der Waals surface area contributed by atoms with Crippen LogP contribution in [0.15, 0.2) is 96.0 Å². The molecule has 0 fully saturated rings. The number of fused-ring (bicyclic) bond motifs is 1. The lowest BCUT2D eigenvalue weighted by atomic mass is 10.0. The summed E-state index contributed by atoms with van der Waals surface area (Å²) in [5.74, 6) is -0.674. The van der Waals surface area contributed by atoms with Crippen LogP contribution in [0.3, 0.4) is 0 Å². The summed E-state index contributed by atoms with van der Waals surface area (Å²) in [7, 11) is -4.36. The predicted octanol–water partition coefficient (Wildman–Crippen LogP) is 6.40. The van der Waals surface area contributed by atoms with Gasteiger partial charge in [-0.25, -0.2) is 13.2 Å². The maximum atomic E-state index is 14.8. The number of benzene rings is 3. The zero-order valence-corrected chi connectivity index (χ0v) is 27.4. The summed E-state index contributed by atoms with van der Waals surface area (Å²) in [4.78, 5) is 30.8. The number of aromatic nitrogens is 1. The summed E-state index contributed by atoms with van der Waals surface area (Å²) in [5.41, 5.74) is 0.794. The number of carbonyl (C=O) groups is 2. The summed E-state index contributed by atoms with van der Waals surface area (Å²) < 4.78 is 42.0. The smallest absolute Gasteiger partial charge is 0.407 e. The van der Waals surface area contributed by atoms with Crippen molar-refractivity contribution < 1.29 is 27.5 Å². The van der Waals surface area contributed by atoms with Gasteiger partial charge in [-0.05, 0) is 76.8 Å². The average Bonchev–Trinajstić information content (AvgIpc) is 2.96. The van der Waals surface area contributed by atoms with Crippen molar-refractivity contribution >= 4 is 33.0 Å². The minimum absolute atomic E-state index is 0.0217. The second-order valence-electron chi connectivity index (χ2n) is 12.7. The first-order valence-corrected chi connectivity index (χ1v) is 16.2. The molecule has 0 spiro atoms. The van der Waals surface area contributed by atoms with Crippen LogP contribution >= 0.6 is 0 Å². The molecule has 0 radical (unpaired) electrons. The van der Waals surface area contributed by atoms with E-state index in [1.807, 2.05) is 30.3 Å². The van der Waals surface area contributed by atoms with Gasteiger partial charge in [0, 0.05) is 24.7 Å². The molecule has 45 heavy (non-hydrogen) atoms. The van der Waals surface area contributed by atoms with Gasteiger partial charge in [-0.15, -0.1) is 0 Å². The Balaban J connectivity index is 1.84. The van der Waals surface area contributed by atoms with Crippen molar-refractivity contribution in [3.8, 4) is 0 Å². The first-order chi connectivity index (χ1) is 21.1. The molecule has 1 unspecified atom stereocenters. The molecule has 3 aromatic carbocycles. The quantitative estimate of drug-likeness (QED) is 0.201. The third-order valence-corrected chi connectivity index (χ3v) is 8.63. The Morgan fingerprint density at radius 1 is 0.800 bits per heavy atom. The fourth-order valence-electron chi connectivity index (χ4n) is 4.82. The average molecular weight is 632 g/mol. The molecule has 10 heteroatoms.